The van der Waals surface area contributed by atoms with Crippen molar-refractivity contribution >= 4 is 22.5 Å². The van der Waals surface area contributed by atoms with Gasteiger partial charge in [-0.25, -0.2) is 0 Å². The molecule has 0 spiro atoms. The van der Waals surface area contributed by atoms with Gasteiger partial charge in [-0.1, -0.05) is 49.7 Å². The van der Waals surface area contributed by atoms with Gasteiger partial charge in [0, 0.05) is 22.9 Å². The Labute approximate surface area is 187 Å². The number of hydrogen-bond donors (Lipinski definition) is 2. The third-order valence-electron chi connectivity index (χ3n) is 5.21. The van der Waals surface area contributed by atoms with E-state index in [1.807, 2.05) is 37.3 Å². The molecule has 2 N–H and O–H groups in total. The van der Waals surface area contributed by atoms with Crippen LogP contribution in [-0.4, -0.2) is 35.2 Å². The summed E-state index contributed by atoms with van der Waals surface area (Å²) in [6.45, 7) is 4.13. The molecule has 6 heteroatoms. The number of hydrogen-bond acceptors (Lipinski definition) is 5. The zero-order valence-corrected chi connectivity index (χ0v) is 18.4. The van der Waals surface area contributed by atoms with E-state index in [4.69, 9.17) is 9.47 Å². The summed E-state index contributed by atoms with van der Waals surface area (Å²) in [4.78, 5) is 23.0. The summed E-state index contributed by atoms with van der Waals surface area (Å²) >= 11 is 0. The van der Waals surface area contributed by atoms with E-state index >= 15 is 0 Å². The van der Waals surface area contributed by atoms with Crippen LogP contribution in [0.4, 0.5) is 0 Å². The first kappa shape index (κ1) is 23.1. The topological polar surface area (TPSA) is 93.1 Å². The van der Waals surface area contributed by atoms with Crippen molar-refractivity contribution in [2.24, 2.45) is 0 Å². The average Bonchev–Trinajstić information content (AvgIpc) is 2.76. The number of ketones is 1. The number of aliphatic carboxylic acids is 1. The number of carbonyl (C=O) groups is 2. The highest BCUT2D eigenvalue weighted by molar-refractivity contribution is 5.97. The molecule has 0 saturated heterocycles. The normalized spacial score (nSPS) is 10.8. The molecule has 3 aromatic rings. The molecule has 0 heterocycles. The SMILES string of the molecule is CCCc1c(OCCCOc2c(CC(=O)O)ccc3ccccc23)ccc(C(C)=O)c1O. The molecule has 0 radical (unpaired) electrons. The molecular formula is C26H28O6. The van der Waals surface area contributed by atoms with Crippen LogP contribution < -0.4 is 9.47 Å². The van der Waals surface area contributed by atoms with E-state index in [2.05, 4.69) is 0 Å². The standard InChI is InChI=1S/C26H28O6/c1-3-7-22-23(13-12-20(17(2)27)25(22)30)31-14-6-15-32-26-19(16-24(28)29)11-10-18-8-4-5-9-21(18)26/h4-5,8-13,30H,3,6-7,14-16H2,1-2H3,(H,28,29). The monoisotopic (exact) mass is 436 g/mol. The van der Waals surface area contributed by atoms with Crippen molar-refractivity contribution in [2.75, 3.05) is 13.2 Å². The van der Waals surface area contributed by atoms with E-state index in [1.54, 1.807) is 18.2 Å². The van der Waals surface area contributed by atoms with E-state index in [1.165, 1.54) is 6.92 Å². The third-order valence-corrected chi connectivity index (χ3v) is 5.21. The summed E-state index contributed by atoms with van der Waals surface area (Å²) in [6.07, 6.45) is 1.87. The summed E-state index contributed by atoms with van der Waals surface area (Å²) < 4.78 is 11.9. The van der Waals surface area contributed by atoms with E-state index in [9.17, 15) is 19.8 Å². The Bertz CT molecular complexity index is 1120. The fraction of sp³-hybridized carbons (Fsp3) is 0.308. The molecule has 0 amide bonds. The lowest BCUT2D eigenvalue weighted by Gasteiger charge is -2.16. The van der Waals surface area contributed by atoms with Crippen molar-refractivity contribution in [1.29, 1.82) is 0 Å². The van der Waals surface area contributed by atoms with Crippen LogP contribution >= 0.6 is 0 Å². The van der Waals surface area contributed by atoms with Crippen LogP contribution in [0.1, 0.15) is 48.2 Å². The minimum atomic E-state index is -0.911. The highest BCUT2D eigenvalue weighted by atomic mass is 16.5. The lowest BCUT2D eigenvalue weighted by molar-refractivity contribution is -0.136. The maximum atomic E-state index is 11.7. The van der Waals surface area contributed by atoms with Gasteiger partial charge in [0.2, 0.25) is 0 Å². The number of carbonyl (C=O) groups excluding carboxylic acids is 1. The zero-order valence-electron chi connectivity index (χ0n) is 18.4. The highest BCUT2D eigenvalue weighted by Crippen LogP contribution is 2.33. The Hall–Kier alpha value is -3.54. The molecule has 32 heavy (non-hydrogen) atoms. The van der Waals surface area contributed by atoms with Crippen LogP contribution in [0, 0.1) is 0 Å². The van der Waals surface area contributed by atoms with Crippen LogP contribution in [0.25, 0.3) is 10.8 Å². The zero-order chi connectivity index (χ0) is 23.1. The molecule has 6 nitrogen and oxygen atoms in total. The van der Waals surface area contributed by atoms with Gasteiger partial charge in [-0.05, 0) is 30.9 Å². The summed E-state index contributed by atoms with van der Waals surface area (Å²) in [6, 6.07) is 14.7. The number of Topliss-reactive ketones (excluding diaryl/α,β-unsaturated/α-hetero) is 1. The van der Waals surface area contributed by atoms with E-state index in [-0.39, 0.29) is 18.0 Å². The van der Waals surface area contributed by atoms with Crippen LogP contribution in [-0.2, 0) is 17.6 Å². The predicted molar refractivity (Wildman–Crippen MR) is 123 cm³/mol. The minimum Gasteiger partial charge on any atom is -0.507 e. The van der Waals surface area contributed by atoms with Gasteiger partial charge >= 0.3 is 5.97 Å². The number of fused-ring (bicyclic) bond motifs is 1. The van der Waals surface area contributed by atoms with Gasteiger partial charge in [-0.15, -0.1) is 0 Å². The molecule has 0 unspecified atom stereocenters. The first-order valence-corrected chi connectivity index (χ1v) is 10.8. The van der Waals surface area contributed by atoms with Gasteiger partial charge in [0.05, 0.1) is 25.2 Å². The summed E-state index contributed by atoms with van der Waals surface area (Å²) in [7, 11) is 0. The molecule has 0 saturated carbocycles. The fourth-order valence-corrected chi connectivity index (χ4v) is 3.70. The average molecular weight is 437 g/mol. The summed E-state index contributed by atoms with van der Waals surface area (Å²) in [5, 5.41) is 21.5. The van der Waals surface area contributed by atoms with Gasteiger partial charge in [0.15, 0.2) is 5.78 Å². The lowest BCUT2D eigenvalue weighted by Crippen LogP contribution is -2.09. The molecule has 0 atom stereocenters. The molecule has 0 aliphatic heterocycles. The number of carboxylic acids is 1. The van der Waals surface area contributed by atoms with Gasteiger partial charge < -0.3 is 19.7 Å². The number of ether oxygens (including phenoxy) is 2. The smallest absolute Gasteiger partial charge is 0.307 e. The van der Waals surface area contributed by atoms with E-state index in [0.717, 1.165) is 17.2 Å². The number of benzene rings is 3. The largest absolute Gasteiger partial charge is 0.507 e. The Kier molecular flexibility index (Phi) is 7.71. The Morgan fingerprint density at radius 3 is 2.44 bits per heavy atom. The quantitative estimate of drug-likeness (QED) is 0.318. The second-order valence-corrected chi connectivity index (χ2v) is 7.64. The summed E-state index contributed by atoms with van der Waals surface area (Å²) in [5.74, 6) is 0.0339. The lowest BCUT2D eigenvalue weighted by atomic mass is 10.0. The van der Waals surface area contributed by atoms with Crippen molar-refractivity contribution in [3.8, 4) is 17.2 Å². The first-order chi connectivity index (χ1) is 15.4. The molecule has 0 bridgehead atoms. The van der Waals surface area contributed by atoms with Crippen molar-refractivity contribution in [3.63, 3.8) is 0 Å². The van der Waals surface area contributed by atoms with Crippen LogP contribution in [0.3, 0.4) is 0 Å². The molecule has 0 aliphatic rings. The van der Waals surface area contributed by atoms with Crippen molar-refractivity contribution in [2.45, 2.75) is 39.5 Å². The van der Waals surface area contributed by atoms with Crippen LogP contribution in [0.15, 0.2) is 48.5 Å². The van der Waals surface area contributed by atoms with Crippen molar-refractivity contribution in [3.05, 3.63) is 65.2 Å². The maximum Gasteiger partial charge on any atom is 0.307 e. The van der Waals surface area contributed by atoms with E-state index < -0.39 is 5.97 Å². The van der Waals surface area contributed by atoms with Crippen LogP contribution in [0.5, 0.6) is 17.2 Å². The Balaban J connectivity index is 1.68. The molecule has 3 rings (SSSR count). The first-order valence-electron chi connectivity index (χ1n) is 10.8. The number of phenolic OH excluding ortho intramolecular Hbond substituents is 1. The van der Waals surface area contributed by atoms with Crippen LogP contribution in [0.2, 0.25) is 0 Å². The summed E-state index contributed by atoms with van der Waals surface area (Å²) in [5.41, 5.74) is 1.57. The number of rotatable bonds is 11. The molecular weight excluding hydrogens is 408 g/mol. The molecule has 3 aromatic carbocycles. The number of aromatic hydroxyl groups is 1. The number of carboxylic acid groups (broad SMARTS) is 1. The molecule has 168 valence electrons. The predicted octanol–water partition coefficient (Wildman–Crippen LogP) is 5.18. The fourth-order valence-electron chi connectivity index (χ4n) is 3.70. The van der Waals surface area contributed by atoms with Gasteiger partial charge in [-0.2, -0.15) is 0 Å². The second kappa shape index (κ2) is 10.7. The third kappa shape index (κ3) is 5.38. The highest BCUT2D eigenvalue weighted by Gasteiger charge is 2.16. The maximum absolute atomic E-state index is 11.7. The second-order valence-electron chi connectivity index (χ2n) is 7.64. The molecule has 0 fully saturated rings. The molecule has 0 aliphatic carbocycles. The molecule has 0 aromatic heterocycles. The van der Waals surface area contributed by atoms with Crippen molar-refractivity contribution < 1.29 is 29.3 Å². The van der Waals surface area contributed by atoms with E-state index in [0.29, 0.717) is 54.2 Å². The van der Waals surface area contributed by atoms with Gasteiger partial charge in [0.1, 0.15) is 17.2 Å². The Morgan fingerprint density at radius 1 is 0.969 bits per heavy atom. The number of phenols is 1. The Morgan fingerprint density at radius 2 is 1.72 bits per heavy atom. The van der Waals surface area contributed by atoms with Crippen molar-refractivity contribution in [1.82, 2.24) is 0 Å². The minimum absolute atomic E-state index is 0.0119. The van der Waals surface area contributed by atoms with Gasteiger partial charge in [-0.3, -0.25) is 9.59 Å². The van der Waals surface area contributed by atoms with Gasteiger partial charge in [0.25, 0.3) is 0 Å².